The van der Waals surface area contributed by atoms with Crippen molar-refractivity contribution in [2.24, 2.45) is 0 Å². The van der Waals surface area contributed by atoms with E-state index in [0.29, 0.717) is 13.2 Å². The summed E-state index contributed by atoms with van der Waals surface area (Å²) in [5.74, 6) is 0.792. The number of carboxylic acids is 1. The topological polar surface area (TPSA) is 78.9 Å². The largest absolute Gasteiger partial charge is 0.480 e. The van der Waals surface area contributed by atoms with Gasteiger partial charge in [0.05, 0.1) is 13.2 Å². The third kappa shape index (κ3) is 4.38. The summed E-state index contributed by atoms with van der Waals surface area (Å²) in [7, 11) is 0. The van der Waals surface area contributed by atoms with Crippen LogP contribution in [0.1, 0.15) is 13.8 Å². The Morgan fingerprint density at radius 2 is 2.33 bits per heavy atom. The van der Waals surface area contributed by atoms with Crippen molar-refractivity contribution >= 4 is 23.8 Å². The van der Waals surface area contributed by atoms with Gasteiger partial charge in [-0.05, 0) is 12.7 Å². The summed E-state index contributed by atoms with van der Waals surface area (Å²) >= 11 is 1.74. The minimum atomic E-state index is -1.03. The van der Waals surface area contributed by atoms with Crippen LogP contribution in [0.2, 0.25) is 0 Å². The van der Waals surface area contributed by atoms with Gasteiger partial charge in [-0.15, -0.1) is 0 Å². The number of ether oxygens (including phenoxy) is 1. The number of rotatable bonds is 5. The highest BCUT2D eigenvalue weighted by Crippen LogP contribution is 2.09. The number of hydrogen-bond donors (Lipinski definition) is 2. The first-order valence-corrected chi connectivity index (χ1v) is 7.17. The summed E-state index contributed by atoms with van der Waals surface area (Å²) in [5.41, 5.74) is 0. The standard InChI is InChI=1S/C11H20N2O4S/c1-3-18-7-8(2)12-11(16)13-4-5-17-6-9(13)10(14)15/h8-9H,3-7H2,1-2H3,(H,12,16)(H,14,15). The van der Waals surface area contributed by atoms with Crippen molar-refractivity contribution in [2.45, 2.75) is 25.9 Å². The molecule has 0 spiro atoms. The van der Waals surface area contributed by atoms with Crippen LogP contribution in [0.15, 0.2) is 0 Å². The van der Waals surface area contributed by atoms with Gasteiger partial charge in [0.2, 0.25) is 0 Å². The van der Waals surface area contributed by atoms with E-state index in [1.807, 2.05) is 6.92 Å². The molecule has 0 radical (unpaired) electrons. The second-order valence-corrected chi connectivity index (χ2v) is 5.45. The molecule has 2 atom stereocenters. The van der Waals surface area contributed by atoms with Crippen LogP contribution in [0.5, 0.6) is 0 Å². The highest BCUT2D eigenvalue weighted by atomic mass is 32.2. The fourth-order valence-electron chi connectivity index (χ4n) is 1.68. The average molecular weight is 276 g/mol. The first-order chi connectivity index (χ1) is 8.56. The number of hydrogen-bond acceptors (Lipinski definition) is 4. The Hall–Kier alpha value is -0.950. The second-order valence-electron chi connectivity index (χ2n) is 4.13. The zero-order chi connectivity index (χ0) is 13.5. The van der Waals surface area contributed by atoms with Gasteiger partial charge in [0.25, 0.3) is 0 Å². The maximum atomic E-state index is 12.0. The molecule has 0 saturated carbocycles. The Bertz CT molecular complexity index is 301. The summed E-state index contributed by atoms with van der Waals surface area (Å²) in [4.78, 5) is 24.3. The normalized spacial score (nSPS) is 21.4. The maximum absolute atomic E-state index is 12.0. The van der Waals surface area contributed by atoms with Gasteiger partial charge >= 0.3 is 12.0 Å². The molecule has 1 aliphatic rings. The van der Waals surface area contributed by atoms with Crippen LogP contribution in [-0.4, -0.2) is 65.4 Å². The SMILES string of the molecule is CCSCC(C)NC(=O)N1CCOCC1C(=O)O. The monoisotopic (exact) mass is 276 g/mol. The van der Waals surface area contributed by atoms with Crippen molar-refractivity contribution in [3.05, 3.63) is 0 Å². The van der Waals surface area contributed by atoms with Crippen LogP contribution < -0.4 is 5.32 Å². The number of aliphatic carboxylic acids is 1. The zero-order valence-corrected chi connectivity index (χ0v) is 11.5. The third-order valence-corrected chi connectivity index (χ3v) is 3.76. The summed E-state index contributed by atoms with van der Waals surface area (Å²) in [5, 5.41) is 11.8. The highest BCUT2D eigenvalue weighted by Gasteiger charge is 2.33. The minimum Gasteiger partial charge on any atom is -0.480 e. The fraction of sp³-hybridized carbons (Fsp3) is 0.818. The van der Waals surface area contributed by atoms with Gasteiger partial charge in [0.1, 0.15) is 0 Å². The van der Waals surface area contributed by atoms with E-state index in [0.717, 1.165) is 11.5 Å². The molecule has 6 nitrogen and oxygen atoms in total. The molecule has 104 valence electrons. The number of carboxylic acid groups (broad SMARTS) is 1. The number of thioether (sulfide) groups is 1. The van der Waals surface area contributed by atoms with Crippen LogP contribution in [0.25, 0.3) is 0 Å². The van der Waals surface area contributed by atoms with Gasteiger partial charge in [-0.25, -0.2) is 9.59 Å². The number of nitrogens with zero attached hydrogens (tertiary/aromatic N) is 1. The molecular formula is C11H20N2O4S. The van der Waals surface area contributed by atoms with E-state index < -0.39 is 12.0 Å². The molecule has 1 heterocycles. The van der Waals surface area contributed by atoms with Crippen LogP contribution in [0.3, 0.4) is 0 Å². The lowest BCUT2D eigenvalue weighted by molar-refractivity contribution is -0.147. The number of carbonyl (C=O) groups excluding carboxylic acids is 1. The maximum Gasteiger partial charge on any atom is 0.328 e. The van der Waals surface area contributed by atoms with Crippen molar-refractivity contribution in [3.8, 4) is 0 Å². The number of nitrogens with one attached hydrogen (secondary N) is 1. The molecule has 18 heavy (non-hydrogen) atoms. The van der Waals surface area contributed by atoms with E-state index in [1.54, 1.807) is 11.8 Å². The molecule has 0 aliphatic carbocycles. The van der Waals surface area contributed by atoms with Crippen molar-refractivity contribution in [2.75, 3.05) is 31.3 Å². The van der Waals surface area contributed by atoms with Crippen LogP contribution in [0.4, 0.5) is 4.79 Å². The highest BCUT2D eigenvalue weighted by molar-refractivity contribution is 7.99. The molecule has 0 aromatic heterocycles. The molecular weight excluding hydrogens is 256 g/mol. The Morgan fingerprint density at radius 3 is 2.94 bits per heavy atom. The van der Waals surface area contributed by atoms with Crippen molar-refractivity contribution in [1.82, 2.24) is 10.2 Å². The molecule has 7 heteroatoms. The first kappa shape index (κ1) is 15.1. The smallest absolute Gasteiger partial charge is 0.328 e. The van der Waals surface area contributed by atoms with Gasteiger partial charge in [-0.2, -0.15) is 11.8 Å². The molecule has 1 fully saturated rings. The average Bonchev–Trinajstić information content (AvgIpc) is 2.36. The Morgan fingerprint density at radius 1 is 1.61 bits per heavy atom. The predicted octanol–water partition coefficient (Wildman–Crippen LogP) is 0.623. The zero-order valence-electron chi connectivity index (χ0n) is 10.7. The van der Waals surface area contributed by atoms with Gasteiger partial charge in [-0.1, -0.05) is 6.92 Å². The van der Waals surface area contributed by atoms with Gasteiger partial charge in [0.15, 0.2) is 6.04 Å². The predicted molar refractivity (Wildman–Crippen MR) is 69.9 cm³/mol. The molecule has 0 aromatic carbocycles. The molecule has 2 amide bonds. The molecule has 1 saturated heterocycles. The van der Waals surface area contributed by atoms with Crippen LogP contribution in [0, 0.1) is 0 Å². The second kappa shape index (κ2) is 7.48. The van der Waals surface area contributed by atoms with E-state index in [-0.39, 0.29) is 18.7 Å². The third-order valence-electron chi connectivity index (χ3n) is 2.62. The first-order valence-electron chi connectivity index (χ1n) is 6.01. The van der Waals surface area contributed by atoms with Crippen molar-refractivity contribution in [1.29, 1.82) is 0 Å². The summed E-state index contributed by atoms with van der Waals surface area (Å²) in [6.45, 7) is 4.73. The van der Waals surface area contributed by atoms with E-state index in [9.17, 15) is 9.59 Å². The van der Waals surface area contributed by atoms with Crippen LogP contribution in [-0.2, 0) is 9.53 Å². The molecule has 0 aromatic rings. The summed E-state index contributed by atoms with van der Waals surface area (Å²) < 4.78 is 5.09. The summed E-state index contributed by atoms with van der Waals surface area (Å²) in [6, 6.07) is -1.18. The fourth-order valence-corrected chi connectivity index (χ4v) is 2.35. The Balaban J connectivity index is 2.50. The summed E-state index contributed by atoms with van der Waals surface area (Å²) in [6.07, 6.45) is 0. The van der Waals surface area contributed by atoms with Gasteiger partial charge in [0, 0.05) is 18.3 Å². The Kier molecular flexibility index (Phi) is 6.28. The lowest BCUT2D eigenvalue weighted by Crippen LogP contribution is -2.57. The Labute approximate surface area is 111 Å². The van der Waals surface area contributed by atoms with Crippen molar-refractivity contribution < 1.29 is 19.4 Å². The van der Waals surface area contributed by atoms with Gasteiger partial charge in [-0.3, -0.25) is 0 Å². The van der Waals surface area contributed by atoms with Gasteiger partial charge < -0.3 is 20.1 Å². The molecule has 2 N–H and O–H groups in total. The number of amides is 2. The number of morpholine rings is 1. The lowest BCUT2D eigenvalue weighted by atomic mass is 10.2. The minimum absolute atomic E-state index is 0.0275. The molecule has 2 unspecified atom stereocenters. The van der Waals surface area contributed by atoms with Crippen molar-refractivity contribution in [3.63, 3.8) is 0 Å². The van der Waals surface area contributed by atoms with E-state index >= 15 is 0 Å². The number of urea groups is 1. The quantitative estimate of drug-likeness (QED) is 0.769. The van der Waals surface area contributed by atoms with Crippen LogP contribution >= 0.6 is 11.8 Å². The van der Waals surface area contributed by atoms with E-state index in [2.05, 4.69) is 12.2 Å². The molecule has 1 rings (SSSR count). The molecule has 1 aliphatic heterocycles. The van der Waals surface area contributed by atoms with E-state index in [4.69, 9.17) is 9.84 Å². The number of carbonyl (C=O) groups is 2. The van der Waals surface area contributed by atoms with E-state index in [1.165, 1.54) is 4.90 Å². The molecule has 0 bridgehead atoms. The lowest BCUT2D eigenvalue weighted by Gasteiger charge is -2.33.